The van der Waals surface area contributed by atoms with Crippen molar-refractivity contribution in [1.82, 2.24) is 0 Å². The summed E-state index contributed by atoms with van der Waals surface area (Å²) in [5, 5.41) is 0.799. The van der Waals surface area contributed by atoms with Crippen molar-refractivity contribution in [2.24, 2.45) is 11.3 Å². The van der Waals surface area contributed by atoms with E-state index < -0.39 is 0 Å². The average molecular weight is 174 g/mol. The van der Waals surface area contributed by atoms with Crippen molar-refractivity contribution in [3.63, 3.8) is 0 Å². The molecule has 0 nitrogen and oxygen atoms in total. The Hall–Kier alpha value is 0.350. The average Bonchev–Trinajstić information content (AvgIpc) is 1.79. The molecule has 0 bridgehead atoms. The molecule has 0 spiro atoms. The third-order valence-electron chi connectivity index (χ3n) is 1.81. The summed E-state index contributed by atoms with van der Waals surface area (Å²) in [6.07, 6.45) is 0. The van der Waals surface area contributed by atoms with Gasteiger partial charge in [0, 0.05) is 5.25 Å². The summed E-state index contributed by atoms with van der Waals surface area (Å²) in [4.78, 5) is 0. The molecule has 0 radical (unpaired) electrons. The first-order chi connectivity index (χ1) is 4.89. The fraction of sp³-hybridized carbons (Fsp3) is 1.00. The predicted molar refractivity (Wildman–Crippen MR) is 56.2 cm³/mol. The van der Waals surface area contributed by atoms with Crippen molar-refractivity contribution in [2.75, 3.05) is 5.75 Å². The molecule has 1 atom stereocenters. The van der Waals surface area contributed by atoms with Gasteiger partial charge in [0.15, 0.2) is 0 Å². The van der Waals surface area contributed by atoms with Gasteiger partial charge in [-0.25, -0.2) is 0 Å². The lowest BCUT2D eigenvalue weighted by Crippen LogP contribution is -2.28. The Morgan fingerprint density at radius 1 is 1.18 bits per heavy atom. The summed E-state index contributed by atoms with van der Waals surface area (Å²) in [6, 6.07) is 0. The standard InChI is InChI=1S/C10H22S/c1-7-11-9(8(2)3)10(4,5)6/h8-9H,7H2,1-6H3/t9-/m0/s1. The molecule has 0 aliphatic carbocycles. The fourth-order valence-electron chi connectivity index (χ4n) is 1.62. The molecule has 0 fully saturated rings. The summed E-state index contributed by atoms with van der Waals surface area (Å²) in [7, 11) is 0. The normalized spacial score (nSPS) is 15.5. The molecule has 0 rings (SSSR count). The molecule has 0 N–H and O–H groups in total. The third-order valence-corrected chi connectivity index (χ3v) is 3.75. The lowest BCUT2D eigenvalue weighted by atomic mass is 9.85. The molecule has 0 heterocycles. The van der Waals surface area contributed by atoms with Crippen LogP contribution in [0.3, 0.4) is 0 Å². The Morgan fingerprint density at radius 3 is 1.73 bits per heavy atom. The molecule has 0 saturated heterocycles. The van der Waals surface area contributed by atoms with Crippen LogP contribution >= 0.6 is 11.8 Å². The van der Waals surface area contributed by atoms with E-state index in [-0.39, 0.29) is 0 Å². The highest BCUT2D eigenvalue weighted by Gasteiger charge is 2.26. The molecule has 0 unspecified atom stereocenters. The number of hydrogen-bond acceptors (Lipinski definition) is 1. The van der Waals surface area contributed by atoms with Gasteiger partial charge in [0.1, 0.15) is 0 Å². The third kappa shape index (κ3) is 4.05. The maximum Gasteiger partial charge on any atom is 0.0118 e. The van der Waals surface area contributed by atoms with E-state index in [1.807, 2.05) is 0 Å². The van der Waals surface area contributed by atoms with Gasteiger partial charge >= 0.3 is 0 Å². The van der Waals surface area contributed by atoms with Crippen LogP contribution in [0.5, 0.6) is 0 Å². The summed E-state index contributed by atoms with van der Waals surface area (Å²) in [6.45, 7) is 13.9. The van der Waals surface area contributed by atoms with E-state index >= 15 is 0 Å². The first kappa shape index (κ1) is 11.4. The molecule has 0 aliphatic heterocycles. The van der Waals surface area contributed by atoms with E-state index in [4.69, 9.17) is 0 Å². The van der Waals surface area contributed by atoms with E-state index in [0.717, 1.165) is 11.2 Å². The van der Waals surface area contributed by atoms with Gasteiger partial charge < -0.3 is 0 Å². The summed E-state index contributed by atoms with van der Waals surface area (Å²) >= 11 is 2.09. The molecule has 68 valence electrons. The minimum atomic E-state index is 0.453. The van der Waals surface area contributed by atoms with Gasteiger partial charge in [0.2, 0.25) is 0 Å². The van der Waals surface area contributed by atoms with E-state index in [0.29, 0.717) is 5.41 Å². The number of rotatable bonds is 3. The Bertz CT molecular complexity index is 99.9. The van der Waals surface area contributed by atoms with Gasteiger partial charge in [-0.2, -0.15) is 11.8 Å². The number of hydrogen-bond donors (Lipinski definition) is 0. The van der Waals surface area contributed by atoms with Crippen molar-refractivity contribution < 1.29 is 0 Å². The molecule has 0 aromatic heterocycles. The monoisotopic (exact) mass is 174 g/mol. The van der Waals surface area contributed by atoms with Crippen LogP contribution in [0.25, 0.3) is 0 Å². The lowest BCUT2D eigenvalue weighted by molar-refractivity contribution is 0.336. The van der Waals surface area contributed by atoms with Gasteiger partial charge in [-0.1, -0.05) is 41.5 Å². The molecule has 0 amide bonds. The van der Waals surface area contributed by atoms with Gasteiger partial charge in [-0.15, -0.1) is 0 Å². The second kappa shape index (κ2) is 4.39. The van der Waals surface area contributed by atoms with Crippen LogP contribution in [0.1, 0.15) is 41.5 Å². The zero-order chi connectivity index (χ0) is 9.07. The predicted octanol–water partition coefficient (Wildman–Crippen LogP) is 3.81. The Kier molecular flexibility index (Phi) is 4.53. The fourth-order valence-corrected chi connectivity index (χ4v) is 2.87. The largest absolute Gasteiger partial charge is 0.158 e. The van der Waals surface area contributed by atoms with Gasteiger partial charge in [0.25, 0.3) is 0 Å². The molecule has 0 aromatic rings. The highest BCUT2D eigenvalue weighted by molar-refractivity contribution is 7.99. The maximum absolute atomic E-state index is 2.33. The highest BCUT2D eigenvalue weighted by atomic mass is 32.2. The van der Waals surface area contributed by atoms with Crippen molar-refractivity contribution in [2.45, 2.75) is 46.8 Å². The Labute approximate surface area is 76.1 Å². The Morgan fingerprint density at radius 2 is 1.64 bits per heavy atom. The molecule has 11 heavy (non-hydrogen) atoms. The minimum Gasteiger partial charge on any atom is -0.158 e. The summed E-state index contributed by atoms with van der Waals surface area (Å²) in [5.74, 6) is 2.03. The molecule has 0 aliphatic rings. The lowest BCUT2D eigenvalue weighted by Gasteiger charge is -2.33. The van der Waals surface area contributed by atoms with Gasteiger partial charge in [0.05, 0.1) is 0 Å². The Balaban J connectivity index is 4.10. The topological polar surface area (TPSA) is 0 Å². The van der Waals surface area contributed by atoms with Crippen molar-refractivity contribution in [3.8, 4) is 0 Å². The SMILES string of the molecule is CCS[C@@H](C(C)C)C(C)(C)C. The van der Waals surface area contributed by atoms with Gasteiger partial charge in [-0.05, 0) is 17.1 Å². The van der Waals surface area contributed by atoms with Crippen LogP contribution in [-0.2, 0) is 0 Å². The van der Waals surface area contributed by atoms with Crippen molar-refractivity contribution in [1.29, 1.82) is 0 Å². The van der Waals surface area contributed by atoms with Crippen LogP contribution in [0.4, 0.5) is 0 Å². The highest BCUT2D eigenvalue weighted by Crippen LogP contribution is 2.35. The van der Waals surface area contributed by atoms with Crippen LogP contribution in [0.2, 0.25) is 0 Å². The van der Waals surface area contributed by atoms with E-state index in [1.165, 1.54) is 5.75 Å². The first-order valence-corrected chi connectivity index (χ1v) is 5.56. The minimum absolute atomic E-state index is 0.453. The smallest absolute Gasteiger partial charge is 0.0118 e. The summed E-state index contributed by atoms with van der Waals surface area (Å²) in [5.41, 5.74) is 0.453. The van der Waals surface area contributed by atoms with E-state index in [2.05, 4.69) is 53.3 Å². The first-order valence-electron chi connectivity index (χ1n) is 4.51. The van der Waals surface area contributed by atoms with Crippen molar-refractivity contribution >= 4 is 11.8 Å². The quantitative estimate of drug-likeness (QED) is 0.627. The molecule has 1 heteroatoms. The van der Waals surface area contributed by atoms with Crippen LogP contribution in [-0.4, -0.2) is 11.0 Å². The second-order valence-electron chi connectivity index (χ2n) is 4.49. The molecular weight excluding hydrogens is 152 g/mol. The van der Waals surface area contributed by atoms with E-state index in [1.54, 1.807) is 0 Å². The van der Waals surface area contributed by atoms with Crippen LogP contribution in [0.15, 0.2) is 0 Å². The number of thioether (sulfide) groups is 1. The van der Waals surface area contributed by atoms with Crippen LogP contribution < -0.4 is 0 Å². The van der Waals surface area contributed by atoms with Gasteiger partial charge in [-0.3, -0.25) is 0 Å². The maximum atomic E-state index is 2.33. The molecule has 0 saturated carbocycles. The van der Waals surface area contributed by atoms with E-state index in [9.17, 15) is 0 Å². The second-order valence-corrected chi connectivity index (χ2v) is 5.90. The zero-order valence-corrected chi connectivity index (χ0v) is 9.59. The summed E-state index contributed by atoms with van der Waals surface area (Å²) < 4.78 is 0. The zero-order valence-electron chi connectivity index (χ0n) is 8.77. The molecule has 0 aromatic carbocycles. The van der Waals surface area contributed by atoms with Crippen molar-refractivity contribution in [3.05, 3.63) is 0 Å². The van der Waals surface area contributed by atoms with Crippen LogP contribution in [0, 0.1) is 11.3 Å². The molecular formula is C10H22S.